The number of aromatic nitrogens is 2. The summed E-state index contributed by atoms with van der Waals surface area (Å²) in [4.78, 5) is 16.1. The number of nitrogens with one attached hydrogen (secondary N) is 1. The minimum Gasteiger partial charge on any atom is -0.496 e. The number of aryl methyl sites for hydroxylation is 1. The summed E-state index contributed by atoms with van der Waals surface area (Å²) in [5.41, 5.74) is 9.01. The molecular weight excluding hydrogens is 474 g/mol. The van der Waals surface area contributed by atoms with Gasteiger partial charge in [0.05, 0.1) is 24.2 Å². The Balaban J connectivity index is 1.48. The van der Waals surface area contributed by atoms with Crippen LogP contribution in [0.2, 0.25) is 0 Å². The van der Waals surface area contributed by atoms with Gasteiger partial charge in [0.15, 0.2) is 0 Å². The molecule has 5 heterocycles. The zero-order valence-electron chi connectivity index (χ0n) is 21.1. The third-order valence-electron chi connectivity index (χ3n) is 7.85. The van der Waals surface area contributed by atoms with Gasteiger partial charge in [-0.15, -0.1) is 0 Å². The first-order valence-corrected chi connectivity index (χ1v) is 13.4. The van der Waals surface area contributed by atoms with E-state index in [0.717, 1.165) is 65.3 Å². The maximum Gasteiger partial charge on any atom is 0.246 e. The largest absolute Gasteiger partial charge is 0.496 e. The Morgan fingerprint density at radius 3 is 2.89 bits per heavy atom. The van der Waals surface area contributed by atoms with Crippen molar-refractivity contribution < 1.29 is 14.3 Å². The van der Waals surface area contributed by atoms with Crippen LogP contribution in [0, 0.1) is 0 Å². The fourth-order valence-corrected chi connectivity index (χ4v) is 6.28. The number of hydrogen-bond donors (Lipinski definition) is 1. The Labute approximate surface area is 215 Å². The molecule has 1 fully saturated rings. The summed E-state index contributed by atoms with van der Waals surface area (Å²) in [5.74, 6) is 1.56. The minimum atomic E-state index is -0.475. The standard InChI is InChI=1S/C27H31N5O3S/c1-5-27(2)9-6-10-31(27)26(33)24-20-15-35-23-14-22(34-4)18(21-7-11-30(3)28-21)13-19(23)25(20)32(29-24)17-8-12-36-16-17/h7-8,11-14,16,24,29H,5-6,9-10,15H2,1-4H3. The number of hydrogen-bond acceptors (Lipinski definition) is 7. The van der Waals surface area contributed by atoms with Crippen molar-refractivity contribution in [3.05, 3.63) is 52.4 Å². The van der Waals surface area contributed by atoms with Gasteiger partial charge in [-0.2, -0.15) is 16.4 Å². The molecule has 188 valence electrons. The maximum absolute atomic E-state index is 14.0. The van der Waals surface area contributed by atoms with Crippen molar-refractivity contribution in [2.75, 3.05) is 25.3 Å². The van der Waals surface area contributed by atoms with E-state index in [-0.39, 0.29) is 11.4 Å². The van der Waals surface area contributed by atoms with Crippen molar-refractivity contribution in [2.24, 2.45) is 7.05 Å². The number of nitrogens with zero attached hydrogens (tertiary/aromatic N) is 4. The molecule has 8 nitrogen and oxygen atoms in total. The second kappa shape index (κ2) is 8.67. The van der Waals surface area contributed by atoms with Gasteiger partial charge in [0, 0.05) is 53.5 Å². The van der Waals surface area contributed by atoms with Gasteiger partial charge in [0.25, 0.3) is 0 Å². The number of rotatable bonds is 5. The Bertz CT molecular complexity index is 1350. The molecule has 0 radical (unpaired) electrons. The molecule has 0 saturated carbocycles. The van der Waals surface area contributed by atoms with E-state index >= 15 is 0 Å². The van der Waals surface area contributed by atoms with E-state index in [0.29, 0.717) is 12.4 Å². The van der Waals surface area contributed by atoms with E-state index in [4.69, 9.17) is 9.47 Å². The van der Waals surface area contributed by atoms with Gasteiger partial charge in [0.1, 0.15) is 24.1 Å². The first-order valence-electron chi connectivity index (χ1n) is 12.4. The van der Waals surface area contributed by atoms with Crippen LogP contribution in [0.5, 0.6) is 11.5 Å². The smallest absolute Gasteiger partial charge is 0.246 e. The highest BCUT2D eigenvalue weighted by Gasteiger charge is 2.47. The van der Waals surface area contributed by atoms with Crippen molar-refractivity contribution in [3.8, 4) is 22.8 Å². The van der Waals surface area contributed by atoms with Crippen LogP contribution in [0.25, 0.3) is 17.0 Å². The fourth-order valence-electron chi connectivity index (χ4n) is 5.66. The number of likely N-dealkylation sites (tertiary alicyclic amines) is 1. The summed E-state index contributed by atoms with van der Waals surface area (Å²) in [7, 11) is 3.56. The second-order valence-electron chi connectivity index (χ2n) is 9.91. The van der Waals surface area contributed by atoms with Gasteiger partial charge in [-0.25, -0.2) is 5.43 Å². The number of carbonyl (C=O) groups is 1. The van der Waals surface area contributed by atoms with Crippen LogP contribution in [-0.2, 0) is 11.8 Å². The Kier molecular flexibility index (Phi) is 5.57. The van der Waals surface area contributed by atoms with Gasteiger partial charge in [0.2, 0.25) is 5.91 Å². The van der Waals surface area contributed by atoms with E-state index in [2.05, 4.69) is 57.2 Å². The summed E-state index contributed by atoms with van der Waals surface area (Å²) >= 11 is 1.63. The molecule has 2 atom stereocenters. The number of amides is 1. The van der Waals surface area contributed by atoms with Crippen molar-refractivity contribution in [3.63, 3.8) is 0 Å². The van der Waals surface area contributed by atoms with Crippen molar-refractivity contribution in [1.82, 2.24) is 20.1 Å². The zero-order valence-corrected chi connectivity index (χ0v) is 21.9. The van der Waals surface area contributed by atoms with Crippen LogP contribution >= 0.6 is 11.3 Å². The van der Waals surface area contributed by atoms with Crippen molar-refractivity contribution >= 4 is 28.6 Å². The monoisotopic (exact) mass is 505 g/mol. The van der Waals surface area contributed by atoms with Gasteiger partial charge >= 0.3 is 0 Å². The highest BCUT2D eigenvalue weighted by atomic mass is 32.1. The molecule has 2 unspecified atom stereocenters. The third kappa shape index (κ3) is 3.52. The molecule has 3 aliphatic rings. The SMILES string of the molecule is CCC1(C)CCCN1C(=O)C1NN(c2ccsc2)C2=C1COc1cc(OC)c(-c3ccn(C)n3)cc12. The topological polar surface area (TPSA) is 71.9 Å². The molecule has 36 heavy (non-hydrogen) atoms. The molecule has 6 rings (SSSR count). The predicted molar refractivity (Wildman–Crippen MR) is 141 cm³/mol. The lowest BCUT2D eigenvalue weighted by Crippen LogP contribution is -2.54. The number of benzene rings is 1. The summed E-state index contributed by atoms with van der Waals surface area (Å²) in [6.07, 6.45) is 4.93. The van der Waals surface area contributed by atoms with E-state index in [1.807, 2.05) is 25.4 Å². The third-order valence-corrected chi connectivity index (χ3v) is 8.52. The normalized spacial score (nSPS) is 23.1. The average Bonchev–Trinajstić information content (AvgIpc) is 3.68. The molecule has 1 amide bonds. The first-order chi connectivity index (χ1) is 17.4. The highest BCUT2D eigenvalue weighted by molar-refractivity contribution is 7.08. The van der Waals surface area contributed by atoms with Crippen LogP contribution in [0.15, 0.2) is 46.8 Å². The first kappa shape index (κ1) is 23.1. The average molecular weight is 506 g/mol. The number of ether oxygens (including phenoxy) is 2. The van der Waals surface area contributed by atoms with Gasteiger partial charge in [-0.3, -0.25) is 14.5 Å². The molecular formula is C27H31N5O3S. The predicted octanol–water partition coefficient (Wildman–Crippen LogP) is 4.45. The Morgan fingerprint density at radius 1 is 1.33 bits per heavy atom. The number of carbonyl (C=O) groups excluding carboxylic acids is 1. The van der Waals surface area contributed by atoms with E-state index in [1.54, 1.807) is 23.1 Å². The molecule has 0 aliphatic carbocycles. The van der Waals surface area contributed by atoms with Crippen LogP contribution in [0.4, 0.5) is 5.69 Å². The number of fused-ring (bicyclic) bond motifs is 2. The minimum absolute atomic E-state index is 0.109. The summed E-state index contributed by atoms with van der Waals surface area (Å²) in [5, 5.41) is 10.8. The molecule has 0 bridgehead atoms. The molecule has 3 aliphatic heterocycles. The highest BCUT2D eigenvalue weighted by Crippen LogP contribution is 2.46. The molecule has 3 aromatic rings. The van der Waals surface area contributed by atoms with Crippen molar-refractivity contribution in [1.29, 1.82) is 0 Å². The van der Waals surface area contributed by atoms with Gasteiger partial charge < -0.3 is 14.4 Å². The van der Waals surface area contributed by atoms with Gasteiger partial charge in [-0.1, -0.05) is 6.92 Å². The molecule has 2 aromatic heterocycles. The maximum atomic E-state index is 14.0. The van der Waals surface area contributed by atoms with Crippen LogP contribution < -0.4 is 19.9 Å². The number of thiophene rings is 1. The molecule has 1 saturated heterocycles. The second-order valence-corrected chi connectivity index (χ2v) is 10.7. The molecule has 1 N–H and O–H groups in total. The quantitative estimate of drug-likeness (QED) is 0.553. The van der Waals surface area contributed by atoms with Crippen LogP contribution in [0.1, 0.15) is 38.7 Å². The number of hydrazine groups is 1. The molecule has 9 heteroatoms. The lowest BCUT2D eigenvalue weighted by molar-refractivity contribution is -0.136. The molecule has 1 aromatic carbocycles. The van der Waals surface area contributed by atoms with E-state index in [9.17, 15) is 4.79 Å². The molecule has 0 spiro atoms. The Morgan fingerprint density at radius 2 is 2.19 bits per heavy atom. The summed E-state index contributed by atoms with van der Waals surface area (Å²) in [6.45, 7) is 5.51. The lowest BCUT2D eigenvalue weighted by Gasteiger charge is -2.36. The number of methoxy groups -OCH3 is 1. The fraction of sp³-hybridized carbons (Fsp3) is 0.407. The van der Waals surface area contributed by atoms with Crippen LogP contribution in [0.3, 0.4) is 0 Å². The van der Waals surface area contributed by atoms with Crippen molar-refractivity contribution in [2.45, 2.75) is 44.7 Å². The Hall–Kier alpha value is -3.30. The summed E-state index contributed by atoms with van der Waals surface area (Å²) < 4.78 is 13.8. The van der Waals surface area contributed by atoms with E-state index in [1.165, 1.54) is 0 Å². The summed E-state index contributed by atoms with van der Waals surface area (Å²) in [6, 6.07) is 7.57. The van der Waals surface area contributed by atoms with Crippen LogP contribution in [-0.4, -0.2) is 52.4 Å². The van der Waals surface area contributed by atoms with E-state index < -0.39 is 6.04 Å². The lowest BCUT2D eigenvalue weighted by atomic mass is 9.93. The zero-order chi connectivity index (χ0) is 25.0. The number of anilines is 1. The van der Waals surface area contributed by atoms with Gasteiger partial charge in [-0.05, 0) is 49.8 Å².